The summed E-state index contributed by atoms with van der Waals surface area (Å²) < 4.78 is 0. The Morgan fingerprint density at radius 1 is 1.38 bits per heavy atom. The fraction of sp³-hybridized carbons (Fsp3) is 0.462. The number of alkyl halides is 1. The number of benzene rings is 1. The molecule has 2 nitrogen and oxygen atoms in total. The van der Waals surface area contributed by atoms with Crippen molar-refractivity contribution in [3.63, 3.8) is 0 Å². The molecule has 3 heteroatoms. The van der Waals surface area contributed by atoms with Crippen molar-refractivity contribution in [2.75, 3.05) is 19.6 Å². The van der Waals surface area contributed by atoms with Gasteiger partial charge in [-0.3, -0.25) is 9.69 Å². The van der Waals surface area contributed by atoms with E-state index < -0.39 is 0 Å². The van der Waals surface area contributed by atoms with E-state index in [-0.39, 0.29) is 5.78 Å². The SMILES string of the molecule is O=C(CN1CCCC(Br)C1)c1ccccc1. The number of likely N-dealkylation sites (tertiary alicyclic amines) is 1. The lowest BCUT2D eigenvalue weighted by Crippen LogP contribution is -2.39. The number of piperidine rings is 1. The van der Waals surface area contributed by atoms with Crippen LogP contribution in [0.4, 0.5) is 0 Å². The Hall–Kier alpha value is -0.670. The molecule has 0 bridgehead atoms. The second kappa shape index (κ2) is 5.60. The smallest absolute Gasteiger partial charge is 0.176 e. The quantitative estimate of drug-likeness (QED) is 0.627. The zero-order chi connectivity index (χ0) is 11.4. The van der Waals surface area contributed by atoms with Crippen LogP contribution in [0.5, 0.6) is 0 Å². The highest BCUT2D eigenvalue weighted by Crippen LogP contribution is 2.17. The van der Waals surface area contributed by atoms with Gasteiger partial charge in [0.2, 0.25) is 0 Å². The number of carbonyl (C=O) groups is 1. The maximum atomic E-state index is 12.0. The van der Waals surface area contributed by atoms with Crippen LogP contribution < -0.4 is 0 Å². The maximum absolute atomic E-state index is 12.0. The van der Waals surface area contributed by atoms with Crippen LogP contribution in [-0.2, 0) is 0 Å². The number of hydrogen-bond acceptors (Lipinski definition) is 2. The van der Waals surface area contributed by atoms with Gasteiger partial charge in [-0.1, -0.05) is 46.3 Å². The number of rotatable bonds is 3. The number of nitrogens with zero attached hydrogens (tertiary/aromatic N) is 1. The lowest BCUT2D eigenvalue weighted by Gasteiger charge is -2.29. The zero-order valence-electron chi connectivity index (χ0n) is 9.23. The molecule has 1 saturated heterocycles. The standard InChI is InChI=1S/C13H16BrNO/c14-12-7-4-8-15(9-12)10-13(16)11-5-2-1-3-6-11/h1-3,5-6,12H,4,7-10H2. The second-order valence-corrected chi connectivity index (χ2v) is 5.56. The average molecular weight is 282 g/mol. The molecule has 1 aliphatic heterocycles. The van der Waals surface area contributed by atoms with Gasteiger partial charge in [-0.05, 0) is 19.4 Å². The van der Waals surface area contributed by atoms with Crippen LogP contribution in [0.2, 0.25) is 0 Å². The molecule has 1 atom stereocenters. The molecule has 1 aromatic carbocycles. The van der Waals surface area contributed by atoms with E-state index in [0.717, 1.165) is 18.7 Å². The number of Topliss-reactive ketones (excluding diaryl/α,β-unsaturated/α-hetero) is 1. The summed E-state index contributed by atoms with van der Waals surface area (Å²) in [4.78, 5) is 14.7. The van der Waals surface area contributed by atoms with Crippen molar-refractivity contribution in [1.29, 1.82) is 0 Å². The minimum absolute atomic E-state index is 0.224. The van der Waals surface area contributed by atoms with E-state index >= 15 is 0 Å². The lowest BCUT2D eigenvalue weighted by atomic mass is 10.1. The first kappa shape index (κ1) is 11.8. The van der Waals surface area contributed by atoms with E-state index in [4.69, 9.17) is 0 Å². The number of carbonyl (C=O) groups excluding carboxylic acids is 1. The van der Waals surface area contributed by atoms with Gasteiger partial charge in [0.05, 0.1) is 6.54 Å². The molecule has 0 spiro atoms. The molecule has 86 valence electrons. The van der Waals surface area contributed by atoms with E-state index in [9.17, 15) is 4.79 Å². The predicted molar refractivity (Wildman–Crippen MR) is 69.2 cm³/mol. The van der Waals surface area contributed by atoms with Crippen LogP contribution in [0.1, 0.15) is 23.2 Å². The van der Waals surface area contributed by atoms with Gasteiger partial charge in [-0.2, -0.15) is 0 Å². The molecule has 1 heterocycles. The molecule has 1 unspecified atom stereocenters. The Kier molecular flexibility index (Phi) is 4.13. The van der Waals surface area contributed by atoms with Gasteiger partial charge in [0.1, 0.15) is 0 Å². The van der Waals surface area contributed by atoms with Crippen molar-refractivity contribution in [2.45, 2.75) is 17.7 Å². The second-order valence-electron chi connectivity index (χ2n) is 4.26. The Morgan fingerprint density at radius 2 is 2.12 bits per heavy atom. The Bertz CT molecular complexity index is 352. The summed E-state index contributed by atoms with van der Waals surface area (Å²) in [7, 11) is 0. The van der Waals surface area contributed by atoms with Gasteiger partial charge < -0.3 is 0 Å². The van der Waals surface area contributed by atoms with E-state index in [1.54, 1.807) is 0 Å². The normalized spacial score (nSPS) is 21.9. The lowest BCUT2D eigenvalue weighted by molar-refractivity contribution is 0.0918. The highest BCUT2D eigenvalue weighted by Gasteiger charge is 2.19. The van der Waals surface area contributed by atoms with Crippen LogP contribution in [0.15, 0.2) is 30.3 Å². The molecule has 0 radical (unpaired) electrons. The molecule has 1 fully saturated rings. The third-order valence-corrected chi connectivity index (χ3v) is 3.66. The van der Waals surface area contributed by atoms with Crippen molar-refractivity contribution in [1.82, 2.24) is 4.90 Å². The van der Waals surface area contributed by atoms with Crippen molar-refractivity contribution in [3.05, 3.63) is 35.9 Å². The fourth-order valence-corrected chi connectivity index (χ4v) is 2.79. The van der Waals surface area contributed by atoms with Crippen LogP contribution in [0, 0.1) is 0 Å². The summed E-state index contributed by atoms with van der Waals surface area (Å²) >= 11 is 3.62. The summed E-state index contributed by atoms with van der Waals surface area (Å²) in [6, 6.07) is 9.54. The molecule has 1 aliphatic rings. The molecule has 16 heavy (non-hydrogen) atoms. The third kappa shape index (κ3) is 3.16. The maximum Gasteiger partial charge on any atom is 0.176 e. The molecule has 1 aromatic rings. The number of halogens is 1. The van der Waals surface area contributed by atoms with Gasteiger partial charge in [0, 0.05) is 16.9 Å². The molecule has 0 aliphatic carbocycles. The van der Waals surface area contributed by atoms with Crippen molar-refractivity contribution in [2.24, 2.45) is 0 Å². The fourth-order valence-electron chi connectivity index (χ4n) is 2.06. The van der Waals surface area contributed by atoms with Gasteiger partial charge in [0.25, 0.3) is 0 Å². The summed E-state index contributed by atoms with van der Waals surface area (Å²) in [5, 5.41) is 0. The number of hydrogen-bond donors (Lipinski definition) is 0. The summed E-state index contributed by atoms with van der Waals surface area (Å²) in [6.07, 6.45) is 2.40. The summed E-state index contributed by atoms with van der Waals surface area (Å²) in [5.41, 5.74) is 0.819. The van der Waals surface area contributed by atoms with Crippen molar-refractivity contribution < 1.29 is 4.79 Å². The third-order valence-electron chi connectivity index (χ3n) is 2.91. The highest BCUT2D eigenvalue weighted by molar-refractivity contribution is 9.09. The Labute approximate surface area is 105 Å². The predicted octanol–water partition coefficient (Wildman–Crippen LogP) is 2.73. The minimum Gasteiger partial charge on any atom is -0.295 e. The van der Waals surface area contributed by atoms with Crippen LogP contribution in [0.25, 0.3) is 0 Å². The molecule has 0 N–H and O–H groups in total. The summed E-state index contributed by atoms with van der Waals surface area (Å²) in [6.45, 7) is 2.57. The molecular weight excluding hydrogens is 266 g/mol. The first-order chi connectivity index (χ1) is 7.75. The van der Waals surface area contributed by atoms with Gasteiger partial charge in [-0.25, -0.2) is 0 Å². The van der Waals surface area contributed by atoms with Crippen LogP contribution in [0.3, 0.4) is 0 Å². The number of ketones is 1. The van der Waals surface area contributed by atoms with E-state index in [1.807, 2.05) is 30.3 Å². The largest absolute Gasteiger partial charge is 0.295 e. The Morgan fingerprint density at radius 3 is 2.81 bits per heavy atom. The first-order valence-corrected chi connectivity index (χ1v) is 6.62. The highest BCUT2D eigenvalue weighted by atomic mass is 79.9. The molecule has 0 aromatic heterocycles. The van der Waals surface area contributed by atoms with Gasteiger partial charge in [-0.15, -0.1) is 0 Å². The van der Waals surface area contributed by atoms with Crippen molar-refractivity contribution >= 4 is 21.7 Å². The monoisotopic (exact) mass is 281 g/mol. The average Bonchev–Trinajstić information content (AvgIpc) is 2.30. The molecular formula is C13H16BrNO. The first-order valence-electron chi connectivity index (χ1n) is 5.70. The zero-order valence-corrected chi connectivity index (χ0v) is 10.8. The summed E-state index contributed by atoms with van der Waals surface area (Å²) in [5.74, 6) is 0.224. The van der Waals surface area contributed by atoms with Crippen LogP contribution >= 0.6 is 15.9 Å². The topological polar surface area (TPSA) is 20.3 Å². The Balaban J connectivity index is 1.92. The minimum atomic E-state index is 0.224. The van der Waals surface area contributed by atoms with Gasteiger partial charge in [0.15, 0.2) is 5.78 Å². The molecule has 2 rings (SSSR count). The van der Waals surface area contributed by atoms with Crippen LogP contribution in [-0.4, -0.2) is 35.1 Å². The molecule has 0 saturated carbocycles. The van der Waals surface area contributed by atoms with E-state index in [0.29, 0.717) is 11.4 Å². The molecule has 0 amide bonds. The van der Waals surface area contributed by atoms with E-state index in [2.05, 4.69) is 20.8 Å². The van der Waals surface area contributed by atoms with Gasteiger partial charge >= 0.3 is 0 Å². The van der Waals surface area contributed by atoms with Crippen molar-refractivity contribution in [3.8, 4) is 0 Å². The van der Waals surface area contributed by atoms with E-state index in [1.165, 1.54) is 12.8 Å².